The lowest BCUT2D eigenvalue weighted by molar-refractivity contribution is -0.0399. The van der Waals surface area contributed by atoms with Crippen LogP contribution in [0.4, 0.5) is 0 Å². The second-order valence-electron chi connectivity index (χ2n) is 5.01. The van der Waals surface area contributed by atoms with Crippen LogP contribution in [0.5, 0.6) is 11.5 Å². The molecule has 0 aliphatic carbocycles. The fourth-order valence-electron chi connectivity index (χ4n) is 2.36. The summed E-state index contributed by atoms with van der Waals surface area (Å²) in [7, 11) is 3.32. The Morgan fingerprint density at radius 2 is 2.06 bits per heavy atom. The van der Waals surface area contributed by atoms with Crippen LogP contribution in [0.1, 0.15) is 25.5 Å². The Morgan fingerprint density at radius 1 is 1.28 bits per heavy atom. The Morgan fingerprint density at radius 3 is 2.67 bits per heavy atom. The van der Waals surface area contributed by atoms with E-state index >= 15 is 0 Å². The third-order valence-corrected chi connectivity index (χ3v) is 3.35. The van der Waals surface area contributed by atoms with Gasteiger partial charge < -0.3 is 19.5 Å². The molecule has 1 aromatic carbocycles. The fourth-order valence-corrected chi connectivity index (χ4v) is 2.36. The van der Waals surface area contributed by atoms with Crippen molar-refractivity contribution >= 4 is 0 Å². The average molecular weight is 251 g/mol. The van der Waals surface area contributed by atoms with Gasteiger partial charge in [-0.2, -0.15) is 0 Å². The molecule has 1 aromatic rings. The number of benzene rings is 1. The van der Waals surface area contributed by atoms with E-state index in [-0.39, 0.29) is 11.6 Å². The summed E-state index contributed by atoms with van der Waals surface area (Å²) in [6.07, 6.45) is -0.0212. The third-order valence-electron chi connectivity index (χ3n) is 3.35. The van der Waals surface area contributed by atoms with Crippen molar-refractivity contribution in [1.29, 1.82) is 0 Å². The lowest BCUT2D eigenvalue weighted by Gasteiger charge is -2.40. The first-order chi connectivity index (χ1) is 8.58. The first-order valence-electron chi connectivity index (χ1n) is 6.17. The number of rotatable bonds is 3. The molecule has 1 saturated heterocycles. The van der Waals surface area contributed by atoms with Crippen molar-refractivity contribution in [1.82, 2.24) is 5.32 Å². The van der Waals surface area contributed by atoms with Gasteiger partial charge in [0.2, 0.25) is 0 Å². The quantitative estimate of drug-likeness (QED) is 0.893. The van der Waals surface area contributed by atoms with E-state index in [1.165, 1.54) is 0 Å². The topological polar surface area (TPSA) is 39.7 Å². The summed E-state index contributed by atoms with van der Waals surface area (Å²) >= 11 is 0. The molecule has 1 fully saturated rings. The van der Waals surface area contributed by atoms with Crippen molar-refractivity contribution < 1.29 is 14.2 Å². The van der Waals surface area contributed by atoms with E-state index in [2.05, 4.69) is 19.2 Å². The molecule has 1 aliphatic rings. The molecule has 18 heavy (non-hydrogen) atoms. The standard InChI is InChI=1S/C14H21NO3/c1-14(2)13(18-8-7-15-14)11-6-5-10(16-3)9-12(11)17-4/h5-6,9,13,15H,7-8H2,1-4H3. The molecule has 0 spiro atoms. The molecule has 0 bridgehead atoms. The van der Waals surface area contributed by atoms with Gasteiger partial charge in [0.1, 0.15) is 17.6 Å². The normalized spacial score (nSPS) is 22.6. The van der Waals surface area contributed by atoms with Crippen molar-refractivity contribution in [3.63, 3.8) is 0 Å². The van der Waals surface area contributed by atoms with Gasteiger partial charge in [0, 0.05) is 23.7 Å². The van der Waals surface area contributed by atoms with Gasteiger partial charge in [-0.1, -0.05) is 0 Å². The van der Waals surface area contributed by atoms with Crippen molar-refractivity contribution in [2.24, 2.45) is 0 Å². The minimum Gasteiger partial charge on any atom is -0.497 e. The molecule has 1 N–H and O–H groups in total. The second kappa shape index (κ2) is 5.16. The maximum atomic E-state index is 5.91. The summed E-state index contributed by atoms with van der Waals surface area (Å²) in [5, 5.41) is 3.48. The van der Waals surface area contributed by atoms with Crippen LogP contribution >= 0.6 is 0 Å². The van der Waals surface area contributed by atoms with Crippen molar-refractivity contribution in [2.75, 3.05) is 27.4 Å². The Labute approximate surface area is 108 Å². The molecule has 4 nitrogen and oxygen atoms in total. The first kappa shape index (κ1) is 13.2. The zero-order chi connectivity index (χ0) is 13.2. The Bertz CT molecular complexity index is 418. The maximum Gasteiger partial charge on any atom is 0.128 e. The minimum absolute atomic E-state index is 0.0212. The SMILES string of the molecule is COc1ccc(C2OCCNC2(C)C)c(OC)c1. The molecule has 0 amide bonds. The zero-order valence-electron chi connectivity index (χ0n) is 11.4. The molecule has 1 aliphatic heterocycles. The van der Waals surface area contributed by atoms with Crippen molar-refractivity contribution in [3.8, 4) is 11.5 Å². The van der Waals surface area contributed by atoms with E-state index in [1.807, 2.05) is 18.2 Å². The highest BCUT2D eigenvalue weighted by atomic mass is 16.5. The molecule has 100 valence electrons. The molecular weight excluding hydrogens is 230 g/mol. The number of hydrogen-bond acceptors (Lipinski definition) is 4. The Hall–Kier alpha value is -1.26. The molecule has 1 unspecified atom stereocenters. The minimum atomic E-state index is -0.111. The fraction of sp³-hybridized carbons (Fsp3) is 0.571. The summed E-state index contributed by atoms with van der Waals surface area (Å²) in [5.74, 6) is 1.59. The summed E-state index contributed by atoms with van der Waals surface area (Å²) < 4.78 is 16.6. The number of hydrogen-bond donors (Lipinski definition) is 1. The third kappa shape index (κ3) is 2.44. The summed E-state index contributed by atoms with van der Waals surface area (Å²) in [5.41, 5.74) is 0.940. The highest BCUT2D eigenvalue weighted by Gasteiger charge is 2.35. The second-order valence-corrected chi connectivity index (χ2v) is 5.01. The number of methoxy groups -OCH3 is 2. The van der Waals surface area contributed by atoms with E-state index in [0.29, 0.717) is 6.61 Å². The van der Waals surface area contributed by atoms with Crippen LogP contribution in [-0.4, -0.2) is 32.9 Å². The smallest absolute Gasteiger partial charge is 0.128 e. The number of nitrogens with one attached hydrogen (secondary N) is 1. The van der Waals surface area contributed by atoms with Gasteiger partial charge in [-0.05, 0) is 26.0 Å². The van der Waals surface area contributed by atoms with Crippen LogP contribution in [0.2, 0.25) is 0 Å². The Kier molecular flexibility index (Phi) is 3.78. The van der Waals surface area contributed by atoms with Crippen molar-refractivity contribution in [3.05, 3.63) is 23.8 Å². The number of morpholine rings is 1. The van der Waals surface area contributed by atoms with Crippen LogP contribution in [-0.2, 0) is 4.74 Å². The van der Waals surface area contributed by atoms with Gasteiger partial charge in [0.15, 0.2) is 0 Å². The van der Waals surface area contributed by atoms with E-state index in [4.69, 9.17) is 14.2 Å². The number of ether oxygens (including phenoxy) is 3. The van der Waals surface area contributed by atoms with E-state index in [9.17, 15) is 0 Å². The van der Waals surface area contributed by atoms with Gasteiger partial charge in [0.05, 0.1) is 20.8 Å². The van der Waals surface area contributed by atoms with Crippen LogP contribution < -0.4 is 14.8 Å². The summed E-state index contributed by atoms with van der Waals surface area (Å²) in [6, 6.07) is 5.84. The van der Waals surface area contributed by atoms with Gasteiger partial charge in [-0.15, -0.1) is 0 Å². The average Bonchev–Trinajstić information content (AvgIpc) is 2.37. The van der Waals surface area contributed by atoms with Gasteiger partial charge >= 0.3 is 0 Å². The van der Waals surface area contributed by atoms with Crippen LogP contribution in [0.25, 0.3) is 0 Å². The largest absolute Gasteiger partial charge is 0.497 e. The molecule has 0 aromatic heterocycles. The van der Waals surface area contributed by atoms with E-state index < -0.39 is 0 Å². The van der Waals surface area contributed by atoms with Gasteiger partial charge in [-0.3, -0.25) is 0 Å². The molecular formula is C14H21NO3. The highest BCUT2D eigenvalue weighted by molar-refractivity contribution is 5.43. The molecule has 1 heterocycles. The van der Waals surface area contributed by atoms with Crippen LogP contribution in [0, 0.1) is 0 Å². The van der Waals surface area contributed by atoms with Gasteiger partial charge in [-0.25, -0.2) is 0 Å². The van der Waals surface area contributed by atoms with Crippen molar-refractivity contribution in [2.45, 2.75) is 25.5 Å². The van der Waals surface area contributed by atoms with E-state index in [1.54, 1.807) is 14.2 Å². The lowest BCUT2D eigenvalue weighted by Crippen LogP contribution is -2.51. The molecule has 1 atom stereocenters. The van der Waals surface area contributed by atoms with Crippen LogP contribution in [0.3, 0.4) is 0 Å². The zero-order valence-corrected chi connectivity index (χ0v) is 11.4. The molecule has 4 heteroatoms. The summed E-state index contributed by atoms with van der Waals surface area (Å²) in [4.78, 5) is 0. The lowest BCUT2D eigenvalue weighted by atomic mass is 9.89. The summed E-state index contributed by atoms with van der Waals surface area (Å²) in [6.45, 7) is 5.87. The van der Waals surface area contributed by atoms with Crippen LogP contribution in [0.15, 0.2) is 18.2 Å². The monoisotopic (exact) mass is 251 g/mol. The first-order valence-corrected chi connectivity index (χ1v) is 6.17. The Balaban J connectivity index is 2.37. The van der Waals surface area contributed by atoms with Gasteiger partial charge in [0.25, 0.3) is 0 Å². The maximum absolute atomic E-state index is 5.91. The predicted molar refractivity (Wildman–Crippen MR) is 70.3 cm³/mol. The van der Waals surface area contributed by atoms with E-state index in [0.717, 1.165) is 23.6 Å². The molecule has 2 rings (SSSR count). The molecule has 0 radical (unpaired) electrons. The molecule has 0 saturated carbocycles. The highest BCUT2D eigenvalue weighted by Crippen LogP contribution is 2.38. The predicted octanol–water partition coefficient (Wildman–Crippen LogP) is 2.14.